The molecule has 0 atom stereocenters. The number of imide groups is 1. The molecule has 2 aromatic carbocycles. The molecule has 114 valence electrons. The van der Waals surface area contributed by atoms with Crippen molar-refractivity contribution >= 4 is 28.6 Å². The van der Waals surface area contributed by atoms with Gasteiger partial charge in [-0.15, -0.1) is 0 Å². The van der Waals surface area contributed by atoms with Gasteiger partial charge >= 0.3 is 5.97 Å². The fourth-order valence-electron chi connectivity index (χ4n) is 2.84. The summed E-state index contributed by atoms with van der Waals surface area (Å²) in [5, 5.41) is 18.9. The maximum atomic E-state index is 12.6. The lowest BCUT2D eigenvalue weighted by Gasteiger charge is -2.27. The number of carboxylic acid groups (broad SMARTS) is 1. The second-order valence-corrected chi connectivity index (χ2v) is 5.26. The summed E-state index contributed by atoms with van der Waals surface area (Å²) in [6, 6.07) is 10.2. The molecule has 0 aromatic heterocycles. The van der Waals surface area contributed by atoms with Crippen LogP contribution in [0.1, 0.15) is 39.1 Å². The number of nitrogens with zero attached hydrogens (tertiary/aromatic N) is 2. The zero-order chi connectivity index (χ0) is 16.6. The number of nitriles is 1. The van der Waals surface area contributed by atoms with Crippen molar-refractivity contribution in [1.29, 1.82) is 5.26 Å². The van der Waals surface area contributed by atoms with Crippen molar-refractivity contribution < 1.29 is 19.5 Å². The van der Waals surface area contributed by atoms with Crippen LogP contribution in [0.5, 0.6) is 0 Å². The zero-order valence-corrected chi connectivity index (χ0v) is 12.1. The van der Waals surface area contributed by atoms with Crippen molar-refractivity contribution in [2.75, 3.05) is 6.54 Å². The van der Waals surface area contributed by atoms with Gasteiger partial charge in [-0.05, 0) is 24.6 Å². The minimum atomic E-state index is -0.969. The van der Waals surface area contributed by atoms with Crippen LogP contribution in [0.25, 0.3) is 10.8 Å². The van der Waals surface area contributed by atoms with E-state index in [4.69, 9.17) is 5.11 Å². The highest BCUT2D eigenvalue weighted by Crippen LogP contribution is 2.32. The van der Waals surface area contributed by atoms with E-state index < -0.39 is 17.8 Å². The molecule has 23 heavy (non-hydrogen) atoms. The first-order valence-electron chi connectivity index (χ1n) is 7.08. The molecule has 0 bridgehead atoms. The van der Waals surface area contributed by atoms with Gasteiger partial charge in [-0.25, -0.2) is 0 Å². The van der Waals surface area contributed by atoms with Gasteiger partial charge in [0.1, 0.15) is 0 Å². The number of carbonyl (C=O) groups excluding carboxylic acids is 2. The third-order valence-electron chi connectivity index (χ3n) is 3.88. The van der Waals surface area contributed by atoms with E-state index in [-0.39, 0.29) is 19.4 Å². The number of rotatable bonds is 4. The van der Waals surface area contributed by atoms with Gasteiger partial charge in [-0.3, -0.25) is 19.3 Å². The summed E-state index contributed by atoms with van der Waals surface area (Å²) in [6.07, 6.45) is 0.0931. The van der Waals surface area contributed by atoms with Gasteiger partial charge in [0.25, 0.3) is 11.8 Å². The van der Waals surface area contributed by atoms with Crippen LogP contribution >= 0.6 is 0 Å². The van der Waals surface area contributed by atoms with E-state index in [2.05, 4.69) is 6.07 Å². The van der Waals surface area contributed by atoms with Gasteiger partial charge < -0.3 is 5.11 Å². The van der Waals surface area contributed by atoms with Crippen LogP contribution in [0, 0.1) is 11.3 Å². The maximum Gasteiger partial charge on any atom is 0.303 e. The third-order valence-corrected chi connectivity index (χ3v) is 3.88. The predicted molar refractivity (Wildman–Crippen MR) is 80.9 cm³/mol. The zero-order valence-electron chi connectivity index (χ0n) is 12.1. The molecule has 1 aliphatic rings. The van der Waals surface area contributed by atoms with Gasteiger partial charge in [-0.1, -0.05) is 12.1 Å². The van der Waals surface area contributed by atoms with E-state index in [1.807, 2.05) is 0 Å². The summed E-state index contributed by atoms with van der Waals surface area (Å²) in [5.74, 6) is -1.87. The largest absolute Gasteiger partial charge is 0.481 e. The van der Waals surface area contributed by atoms with Gasteiger partial charge in [-0.2, -0.15) is 5.26 Å². The molecule has 0 radical (unpaired) electrons. The number of carbonyl (C=O) groups is 3. The molecule has 2 aromatic rings. The molecule has 1 N–H and O–H groups in total. The van der Waals surface area contributed by atoms with E-state index in [1.54, 1.807) is 30.3 Å². The summed E-state index contributed by atoms with van der Waals surface area (Å²) in [4.78, 5) is 36.8. The monoisotopic (exact) mass is 308 g/mol. The Hall–Kier alpha value is -3.20. The topological polar surface area (TPSA) is 98.5 Å². The smallest absolute Gasteiger partial charge is 0.303 e. The second-order valence-electron chi connectivity index (χ2n) is 5.26. The first kappa shape index (κ1) is 14.7. The van der Waals surface area contributed by atoms with E-state index in [0.29, 0.717) is 27.5 Å². The van der Waals surface area contributed by atoms with Crippen molar-refractivity contribution in [3.8, 4) is 6.07 Å². The predicted octanol–water partition coefficient (Wildman–Crippen LogP) is 2.17. The van der Waals surface area contributed by atoms with Crippen LogP contribution in [-0.2, 0) is 4.79 Å². The Morgan fingerprint density at radius 2 is 1.83 bits per heavy atom. The molecular weight excluding hydrogens is 296 g/mol. The molecule has 0 saturated carbocycles. The van der Waals surface area contributed by atoms with E-state index in [0.717, 1.165) is 4.90 Å². The number of hydrogen-bond acceptors (Lipinski definition) is 4. The minimum absolute atomic E-state index is 0.0554. The van der Waals surface area contributed by atoms with Gasteiger partial charge in [0.2, 0.25) is 0 Å². The Morgan fingerprint density at radius 1 is 1.13 bits per heavy atom. The maximum absolute atomic E-state index is 12.6. The Bertz CT molecular complexity index is 873. The molecule has 1 aliphatic heterocycles. The van der Waals surface area contributed by atoms with E-state index >= 15 is 0 Å². The molecule has 1 heterocycles. The summed E-state index contributed by atoms with van der Waals surface area (Å²) < 4.78 is 0. The Morgan fingerprint density at radius 3 is 2.48 bits per heavy atom. The Kier molecular flexibility index (Phi) is 3.54. The van der Waals surface area contributed by atoms with Crippen molar-refractivity contribution in [3.05, 3.63) is 47.0 Å². The average Bonchev–Trinajstić information content (AvgIpc) is 2.54. The summed E-state index contributed by atoms with van der Waals surface area (Å²) in [6.45, 7) is 0.0554. The quantitative estimate of drug-likeness (QED) is 0.873. The fraction of sp³-hybridized carbons (Fsp3) is 0.176. The van der Waals surface area contributed by atoms with Crippen molar-refractivity contribution in [3.63, 3.8) is 0 Å². The first-order valence-corrected chi connectivity index (χ1v) is 7.08. The van der Waals surface area contributed by atoms with Gasteiger partial charge in [0, 0.05) is 34.9 Å². The minimum Gasteiger partial charge on any atom is -0.481 e. The van der Waals surface area contributed by atoms with Crippen LogP contribution in [0.2, 0.25) is 0 Å². The molecule has 0 aliphatic carbocycles. The lowest BCUT2D eigenvalue weighted by molar-refractivity contribution is -0.137. The summed E-state index contributed by atoms with van der Waals surface area (Å²) in [5.41, 5.74) is 1.14. The molecular formula is C17H12N2O4. The average molecular weight is 308 g/mol. The fourth-order valence-corrected chi connectivity index (χ4v) is 2.84. The normalized spacial score (nSPS) is 13.3. The molecule has 0 fully saturated rings. The van der Waals surface area contributed by atoms with Crippen LogP contribution in [-0.4, -0.2) is 34.3 Å². The van der Waals surface area contributed by atoms with Crippen LogP contribution in [0.3, 0.4) is 0 Å². The molecule has 6 heteroatoms. The number of benzene rings is 2. The molecule has 6 nitrogen and oxygen atoms in total. The lowest BCUT2D eigenvalue weighted by Crippen LogP contribution is -2.41. The van der Waals surface area contributed by atoms with E-state index in [9.17, 15) is 19.6 Å². The highest BCUT2D eigenvalue weighted by molar-refractivity contribution is 6.25. The van der Waals surface area contributed by atoms with Crippen LogP contribution < -0.4 is 0 Å². The SMILES string of the molecule is N#Cc1ccc2c3c(cccc13)C(=O)N(CCCC(=O)O)C2=O. The highest BCUT2D eigenvalue weighted by atomic mass is 16.4. The second kappa shape index (κ2) is 5.54. The summed E-state index contributed by atoms with van der Waals surface area (Å²) >= 11 is 0. The van der Waals surface area contributed by atoms with E-state index in [1.165, 1.54) is 0 Å². The van der Waals surface area contributed by atoms with Crippen LogP contribution in [0.4, 0.5) is 0 Å². The summed E-state index contributed by atoms with van der Waals surface area (Å²) in [7, 11) is 0. The highest BCUT2D eigenvalue weighted by Gasteiger charge is 2.32. The number of aliphatic carboxylic acids is 1. The van der Waals surface area contributed by atoms with Gasteiger partial charge in [0.05, 0.1) is 11.6 Å². The molecule has 0 unspecified atom stereocenters. The van der Waals surface area contributed by atoms with Crippen molar-refractivity contribution in [2.24, 2.45) is 0 Å². The number of carboxylic acids is 1. The molecule has 3 rings (SSSR count). The molecule has 2 amide bonds. The number of hydrogen-bond donors (Lipinski definition) is 1. The van der Waals surface area contributed by atoms with Crippen LogP contribution in [0.15, 0.2) is 30.3 Å². The first-order chi connectivity index (χ1) is 11.0. The molecule has 0 saturated heterocycles. The Labute approximate surface area is 131 Å². The molecule has 0 spiro atoms. The number of amides is 2. The lowest BCUT2D eigenvalue weighted by atomic mass is 9.91. The van der Waals surface area contributed by atoms with Crippen molar-refractivity contribution in [2.45, 2.75) is 12.8 Å². The van der Waals surface area contributed by atoms with Crippen molar-refractivity contribution in [1.82, 2.24) is 4.90 Å². The Balaban J connectivity index is 2.08. The van der Waals surface area contributed by atoms with Gasteiger partial charge in [0.15, 0.2) is 0 Å². The standard InChI is InChI=1S/C17H12N2O4/c18-9-10-6-7-13-15-11(10)3-1-4-12(15)16(22)19(17(13)23)8-2-5-14(20)21/h1,3-4,6-7H,2,5,8H2,(H,20,21). The third kappa shape index (κ3) is 2.32.